The van der Waals surface area contributed by atoms with Gasteiger partial charge in [0.15, 0.2) is 0 Å². The van der Waals surface area contributed by atoms with Crippen molar-refractivity contribution in [3.8, 4) is 0 Å². The lowest BCUT2D eigenvalue weighted by Crippen LogP contribution is -2.29. The molecule has 6 heteroatoms. The Hall–Kier alpha value is 0.590. The van der Waals surface area contributed by atoms with Gasteiger partial charge >= 0.3 is 0 Å². The molecule has 0 N–H and O–H groups in total. The highest BCUT2D eigenvalue weighted by Crippen LogP contribution is 2.65. The normalized spacial score (nSPS) is 24.1. The van der Waals surface area contributed by atoms with E-state index in [-0.39, 0.29) is 10.5 Å². The van der Waals surface area contributed by atoms with Crippen molar-refractivity contribution in [1.29, 1.82) is 0 Å². The number of rotatable bonds is 1. The fourth-order valence-electron chi connectivity index (χ4n) is 0.878. The fraction of sp³-hybridized carbons (Fsp3) is 0.900. The standard InChI is InChI=1S/C10H19O3PS2/c1-9(2,3)8(11)16-14(15)12-6-10(4,5)7-13-14/h6-7H2,1-5H3. The Kier molecular flexibility index (Phi) is 4.30. The van der Waals surface area contributed by atoms with Crippen LogP contribution in [-0.4, -0.2) is 18.3 Å². The molecule has 0 amide bonds. The summed E-state index contributed by atoms with van der Waals surface area (Å²) in [4.78, 5) is 11.9. The Morgan fingerprint density at radius 2 is 1.75 bits per heavy atom. The second kappa shape index (κ2) is 4.69. The van der Waals surface area contributed by atoms with Crippen LogP contribution in [0.2, 0.25) is 0 Å². The van der Waals surface area contributed by atoms with Crippen LogP contribution in [0, 0.1) is 10.8 Å². The van der Waals surface area contributed by atoms with Crippen molar-refractivity contribution in [2.24, 2.45) is 10.8 Å². The van der Waals surface area contributed by atoms with Crippen LogP contribution in [0.4, 0.5) is 0 Å². The van der Waals surface area contributed by atoms with Gasteiger partial charge in [0, 0.05) is 22.2 Å². The molecule has 1 heterocycles. The van der Waals surface area contributed by atoms with Crippen LogP contribution in [0.3, 0.4) is 0 Å². The lowest BCUT2D eigenvalue weighted by Gasteiger charge is -2.36. The summed E-state index contributed by atoms with van der Waals surface area (Å²) in [6, 6.07) is 0. The van der Waals surface area contributed by atoms with Crippen molar-refractivity contribution in [2.75, 3.05) is 13.2 Å². The van der Waals surface area contributed by atoms with Crippen molar-refractivity contribution in [1.82, 2.24) is 0 Å². The van der Waals surface area contributed by atoms with E-state index in [0.717, 1.165) is 11.4 Å². The van der Waals surface area contributed by atoms with Gasteiger partial charge in [0.05, 0.1) is 13.2 Å². The molecule has 94 valence electrons. The summed E-state index contributed by atoms with van der Waals surface area (Å²) in [7, 11) is 0. The van der Waals surface area contributed by atoms with Crippen molar-refractivity contribution in [3.05, 3.63) is 0 Å². The van der Waals surface area contributed by atoms with Crippen LogP contribution >= 0.6 is 17.1 Å². The van der Waals surface area contributed by atoms with E-state index >= 15 is 0 Å². The first kappa shape index (κ1) is 14.7. The predicted octanol–water partition coefficient (Wildman–Crippen LogP) is 3.59. The molecule has 16 heavy (non-hydrogen) atoms. The molecule has 1 aliphatic rings. The molecule has 1 fully saturated rings. The monoisotopic (exact) mass is 282 g/mol. The van der Waals surface area contributed by atoms with E-state index in [4.69, 9.17) is 20.9 Å². The Morgan fingerprint density at radius 3 is 2.12 bits per heavy atom. The van der Waals surface area contributed by atoms with E-state index in [1.54, 1.807) is 0 Å². The zero-order valence-corrected chi connectivity index (χ0v) is 12.9. The highest BCUT2D eigenvalue weighted by molar-refractivity contribution is 8.73. The molecule has 3 nitrogen and oxygen atoms in total. The summed E-state index contributed by atoms with van der Waals surface area (Å²) in [6.45, 7) is 10.9. The molecule has 0 aromatic carbocycles. The third-order valence-corrected chi connectivity index (χ3v) is 7.03. The predicted molar refractivity (Wildman–Crippen MR) is 72.0 cm³/mol. The lowest BCUT2D eigenvalue weighted by atomic mass is 9.97. The summed E-state index contributed by atoms with van der Waals surface area (Å²) in [5.74, 6) is 0. The zero-order valence-electron chi connectivity index (χ0n) is 10.4. The largest absolute Gasteiger partial charge is 0.321 e. The van der Waals surface area contributed by atoms with Gasteiger partial charge in [0.1, 0.15) is 0 Å². The van der Waals surface area contributed by atoms with Gasteiger partial charge in [-0.1, -0.05) is 34.6 Å². The van der Waals surface area contributed by atoms with Crippen molar-refractivity contribution in [2.45, 2.75) is 34.6 Å². The van der Waals surface area contributed by atoms with Gasteiger partial charge in [-0.05, 0) is 11.8 Å². The molecule has 0 atom stereocenters. The van der Waals surface area contributed by atoms with Crippen molar-refractivity contribution < 1.29 is 13.8 Å². The molecule has 0 unspecified atom stereocenters. The molecule has 0 bridgehead atoms. The average molecular weight is 282 g/mol. The van der Waals surface area contributed by atoms with Crippen LogP contribution in [-0.2, 0) is 25.6 Å². The molecule has 0 aromatic rings. The maximum atomic E-state index is 11.9. The Bertz CT molecular complexity index is 319. The second-order valence-corrected chi connectivity index (χ2v) is 11.9. The first-order valence-electron chi connectivity index (χ1n) is 5.17. The molecule has 1 rings (SSSR count). The van der Waals surface area contributed by atoms with Crippen LogP contribution < -0.4 is 0 Å². The highest BCUT2D eigenvalue weighted by Gasteiger charge is 2.37. The topological polar surface area (TPSA) is 35.5 Å². The van der Waals surface area contributed by atoms with E-state index in [2.05, 4.69) is 13.8 Å². The molecule has 0 aliphatic carbocycles. The van der Waals surface area contributed by atoms with Gasteiger partial charge in [0.25, 0.3) is 5.69 Å². The summed E-state index contributed by atoms with van der Waals surface area (Å²) in [5, 5.41) is 0.0375. The van der Waals surface area contributed by atoms with Crippen LogP contribution in [0.15, 0.2) is 0 Å². The molecular formula is C10H19O3PS2. The fourth-order valence-corrected chi connectivity index (χ4v) is 5.54. The minimum absolute atomic E-state index is 0.00630. The van der Waals surface area contributed by atoms with E-state index < -0.39 is 11.1 Å². The first-order valence-corrected chi connectivity index (χ1v) is 9.23. The highest BCUT2D eigenvalue weighted by atomic mass is 32.9. The Labute approximate surface area is 107 Å². The van der Waals surface area contributed by atoms with Gasteiger partial charge in [-0.2, -0.15) is 0 Å². The molecule has 0 saturated carbocycles. The molecular weight excluding hydrogens is 263 g/mol. The minimum atomic E-state index is -2.45. The van der Waals surface area contributed by atoms with Gasteiger partial charge in [-0.3, -0.25) is 4.79 Å². The van der Waals surface area contributed by atoms with Gasteiger partial charge in [0.2, 0.25) is 5.12 Å². The van der Waals surface area contributed by atoms with Crippen LogP contribution in [0.5, 0.6) is 0 Å². The molecule has 0 radical (unpaired) electrons. The summed E-state index contributed by atoms with van der Waals surface area (Å²) in [5.41, 5.74) is -2.86. The summed E-state index contributed by atoms with van der Waals surface area (Å²) in [6.07, 6.45) is 0. The third kappa shape index (κ3) is 4.11. The Morgan fingerprint density at radius 1 is 1.31 bits per heavy atom. The Balaban J connectivity index is 2.63. The number of hydrogen-bond acceptors (Lipinski definition) is 5. The summed E-state index contributed by atoms with van der Waals surface area (Å²) >= 11 is 6.38. The molecule has 1 aliphatic heterocycles. The average Bonchev–Trinajstić information content (AvgIpc) is 2.10. The van der Waals surface area contributed by atoms with E-state index in [0.29, 0.717) is 13.2 Å². The maximum absolute atomic E-state index is 11.9. The van der Waals surface area contributed by atoms with E-state index in [1.165, 1.54) is 0 Å². The number of carbonyl (C=O) groups excluding carboxylic acids is 1. The SMILES string of the molecule is CC1(C)COP(=S)(SC(=O)C(C)(C)C)OC1. The van der Waals surface area contributed by atoms with Gasteiger partial charge in [-0.25, -0.2) is 0 Å². The lowest BCUT2D eigenvalue weighted by molar-refractivity contribution is -0.117. The van der Waals surface area contributed by atoms with Crippen molar-refractivity contribution in [3.63, 3.8) is 0 Å². The maximum Gasteiger partial charge on any atom is 0.254 e. The summed E-state index contributed by atoms with van der Waals surface area (Å²) < 4.78 is 11.2. The van der Waals surface area contributed by atoms with Crippen LogP contribution in [0.1, 0.15) is 34.6 Å². The minimum Gasteiger partial charge on any atom is -0.321 e. The van der Waals surface area contributed by atoms with E-state index in [1.807, 2.05) is 20.8 Å². The molecule has 0 aromatic heterocycles. The molecule has 0 spiro atoms. The van der Waals surface area contributed by atoms with Crippen molar-refractivity contribution >= 4 is 34.0 Å². The van der Waals surface area contributed by atoms with Crippen LogP contribution in [0.25, 0.3) is 0 Å². The third-order valence-electron chi connectivity index (χ3n) is 2.03. The van der Waals surface area contributed by atoms with Gasteiger partial charge < -0.3 is 9.05 Å². The van der Waals surface area contributed by atoms with E-state index in [9.17, 15) is 4.79 Å². The smallest absolute Gasteiger partial charge is 0.254 e. The molecule has 1 saturated heterocycles. The first-order chi connectivity index (χ1) is 7.04. The second-order valence-electron chi connectivity index (χ2n) is 5.79. The number of carbonyl (C=O) groups is 1. The number of hydrogen-bond donors (Lipinski definition) is 0. The zero-order chi connectivity index (χ0) is 12.6. The van der Waals surface area contributed by atoms with Gasteiger partial charge in [-0.15, -0.1) is 0 Å². The quantitative estimate of drug-likeness (QED) is 0.687.